The summed E-state index contributed by atoms with van der Waals surface area (Å²) < 4.78 is 6.27. The van der Waals surface area contributed by atoms with E-state index in [1.165, 1.54) is 50.6 Å². The molecule has 5 rings (SSSR count). The van der Waals surface area contributed by atoms with E-state index in [2.05, 4.69) is 26.9 Å². The molecule has 0 bridgehead atoms. The van der Waals surface area contributed by atoms with Gasteiger partial charge in [0.1, 0.15) is 0 Å². The summed E-state index contributed by atoms with van der Waals surface area (Å²) in [6.07, 6.45) is 15.5. The Labute approximate surface area is 174 Å². The molecular weight excluding hydrogens is 362 g/mol. The minimum Gasteiger partial charge on any atom is -0.374 e. The van der Waals surface area contributed by atoms with E-state index in [4.69, 9.17) is 4.74 Å². The lowest BCUT2D eigenvalue weighted by Crippen LogP contribution is -2.63. The standard InChI is InChI=1S/C24H35N3O2/c28-23(27-13-1-3-21(27)15-20-6-11-25-12-7-20)16-22-17-26(14-8-19-4-5-19)24(18-29-22)9-2-10-24/h6-7,11-12,19,21-22H,1-5,8-10,13-18H2. The number of carbonyl (C=O) groups excluding carboxylic acids is 1. The van der Waals surface area contributed by atoms with Crippen LogP contribution in [0.4, 0.5) is 0 Å². The maximum Gasteiger partial charge on any atom is 0.225 e. The SMILES string of the molecule is O=C(CC1CN(CCC2CC2)C2(CCC2)CO1)N1CCCC1Cc1ccncc1. The number of morpholine rings is 1. The Kier molecular flexibility index (Phi) is 5.61. The first kappa shape index (κ1) is 19.5. The zero-order valence-corrected chi connectivity index (χ0v) is 17.6. The molecule has 29 heavy (non-hydrogen) atoms. The van der Waals surface area contributed by atoms with Gasteiger partial charge in [-0.3, -0.25) is 14.7 Å². The van der Waals surface area contributed by atoms with E-state index >= 15 is 0 Å². The van der Waals surface area contributed by atoms with Crippen LogP contribution in [0.1, 0.15) is 63.4 Å². The molecule has 4 aliphatic rings. The molecule has 1 aromatic rings. The number of rotatable bonds is 7. The lowest BCUT2D eigenvalue weighted by Gasteiger charge is -2.54. The molecular formula is C24H35N3O2. The first-order chi connectivity index (χ1) is 14.2. The third-order valence-electron chi connectivity index (χ3n) is 7.79. The molecule has 5 heteroatoms. The van der Waals surface area contributed by atoms with Crippen molar-refractivity contribution in [1.29, 1.82) is 0 Å². The van der Waals surface area contributed by atoms with Crippen LogP contribution in [0, 0.1) is 5.92 Å². The van der Waals surface area contributed by atoms with E-state index in [9.17, 15) is 4.79 Å². The Morgan fingerprint density at radius 3 is 2.72 bits per heavy atom. The second-order valence-corrected chi connectivity index (χ2v) is 9.84. The fraction of sp³-hybridized carbons (Fsp3) is 0.750. The van der Waals surface area contributed by atoms with Crippen LogP contribution in [0.3, 0.4) is 0 Å². The van der Waals surface area contributed by atoms with Gasteiger partial charge in [-0.1, -0.05) is 12.8 Å². The Morgan fingerprint density at radius 2 is 2.00 bits per heavy atom. The van der Waals surface area contributed by atoms with E-state index < -0.39 is 0 Å². The van der Waals surface area contributed by atoms with Crippen LogP contribution < -0.4 is 0 Å². The maximum absolute atomic E-state index is 13.2. The Bertz CT molecular complexity index is 701. The van der Waals surface area contributed by atoms with Crippen LogP contribution in [0.25, 0.3) is 0 Å². The van der Waals surface area contributed by atoms with Gasteiger partial charge in [0.15, 0.2) is 0 Å². The molecule has 2 aliphatic heterocycles. The molecule has 158 valence electrons. The average Bonchev–Trinajstić information content (AvgIpc) is 3.43. The van der Waals surface area contributed by atoms with Gasteiger partial charge in [-0.25, -0.2) is 0 Å². The average molecular weight is 398 g/mol. The van der Waals surface area contributed by atoms with E-state index in [0.717, 1.165) is 44.9 Å². The highest BCUT2D eigenvalue weighted by molar-refractivity contribution is 5.77. The number of pyridine rings is 1. The maximum atomic E-state index is 13.2. The number of hydrogen-bond acceptors (Lipinski definition) is 4. The molecule has 0 aromatic carbocycles. The quantitative estimate of drug-likeness (QED) is 0.707. The van der Waals surface area contributed by atoms with Crippen molar-refractivity contribution in [3.05, 3.63) is 30.1 Å². The zero-order chi connectivity index (χ0) is 19.7. The first-order valence-corrected chi connectivity index (χ1v) is 11.8. The number of carbonyl (C=O) groups is 1. The summed E-state index contributed by atoms with van der Waals surface area (Å²) in [5, 5.41) is 0. The van der Waals surface area contributed by atoms with Crippen molar-refractivity contribution in [1.82, 2.24) is 14.8 Å². The van der Waals surface area contributed by atoms with Crippen LogP contribution in [0.2, 0.25) is 0 Å². The minimum absolute atomic E-state index is 0.0649. The molecule has 2 aliphatic carbocycles. The summed E-state index contributed by atoms with van der Waals surface area (Å²) in [7, 11) is 0. The lowest BCUT2D eigenvalue weighted by molar-refractivity contribution is -0.156. The largest absolute Gasteiger partial charge is 0.374 e. The van der Waals surface area contributed by atoms with Crippen molar-refractivity contribution in [3.63, 3.8) is 0 Å². The molecule has 5 nitrogen and oxygen atoms in total. The van der Waals surface area contributed by atoms with Crippen LogP contribution in [-0.4, -0.2) is 64.6 Å². The summed E-state index contributed by atoms with van der Waals surface area (Å²) in [5.41, 5.74) is 1.57. The van der Waals surface area contributed by atoms with Crippen molar-refractivity contribution in [2.24, 2.45) is 5.92 Å². The second kappa shape index (κ2) is 8.35. The van der Waals surface area contributed by atoms with E-state index in [1.807, 2.05) is 12.4 Å². The number of ether oxygens (including phenoxy) is 1. The molecule has 2 atom stereocenters. The third-order valence-corrected chi connectivity index (χ3v) is 7.79. The summed E-state index contributed by atoms with van der Waals surface area (Å²) >= 11 is 0. The van der Waals surface area contributed by atoms with Gasteiger partial charge in [0.05, 0.1) is 19.1 Å². The topological polar surface area (TPSA) is 45.7 Å². The van der Waals surface area contributed by atoms with Gasteiger partial charge in [0, 0.05) is 37.1 Å². The summed E-state index contributed by atoms with van der Waals surface area (Å²) in [4.78, 5) is 22.1. The molecule has 4 fully saturated rings. The molecule has 1 spiro atoms. The van der Waals surface area contributed by atoms with Crippen molar-refractivity contribution in [2.45, 2.75) is 81.9 Å². The second-order valence-electron chi connectivity index (χ2n) is 9.84. The Balaban J connectivity index is 1.17. The van der Waals surface area contributed by atoms with Crippen LogP contribution >= 0.6 is 0 Å². The molecule has 1 amide bonds. The van der Waals surface area contributed by atoms with Gasteiger partial charge in [-0.15, -0.1) is 0 Å². The number of nitrogens with zero attached hydrogens (tertiary/aromatic N) is 3. The summed E-state index contributed by atoms with van der Waals surface area (Å²) in [5.74, 6) is 1.26. The van der Waals surface area contributed by atoms with E-state index in [-0.39, 0.29) is 6.10 Å². The molecule has 2 unspecified atom stereocenters. The highest BCUT2D eigenvalue weighted by Crippen LogP contribution is 2.42. The zero-order valence-electron chi connectivity index (χ0n) is 17.6. The molecule has 0 radical (unpaired) electrons. The van der Waals surface area contributed by atoms with E-state index in [1.54, 1.807) is 0 Å². The summed E-state index contributed by atoms with van der Waals surface area (Å²) in [6, 6.07) is 4.47. The first-order valence-electron chi connectivity index (χ1n) is 11.8. The minimum atomic E-state index is 0.0649. The van der Waals surface area contributed by atoms with Crippen LogP contribution in [-0.2, 0) is 16.0 Å². The Morgan fingerprint density at radius 1 is 1.17 bits per heavy atom. The van der Waals surface area contributed by atoms with Crippen molar-refractivity contribution < 1.29 is 9.53 Å². The number of aromatic nitrogens is 1. The van der Waals surface area contributed by atoms with Gasteiger partial charge < -0.3 is 9.64 Å². The smallest absolute Gasteiger partial charge is 0.225 e. The van der Waals surface area contributed by atoms with Crippen molar-refractivity contribution in [2.75, 3.05) is 26.2 Å². The number of hydrogen-bond donors (Lipinski definition) is 0. The predicted octanol–water partition coefficient (Wildman–Crippen LogP) is 3.43. The third kappa shape index (κ3) is 4.36. The number of amides is 1. The van der Waals surface area contributed by atoms with Gasteiger partial charge in [0.2, 0.25) is 5.91 Å². The Hall–Kier alpha value is -1.46. The van der Waals surface area contributed by atoms with Crippen LogP contribution in [0.5, 0.6) is 0 Å². The van der Waals surface area contributed by atoms with E-state index in [0.29, 0.717) is 23.9 Å². The molecule has 1 aromatic heterocycles. The van der Waals surface area contributed by atoms with Gasteiger partial charge >= 0.3 is 0 Å². The monoisotopic (exact) mass is 397 g/mol. The fourth-order valence-electron chi connectivity index (χ4n) is 5.58. The molecule has 2 saturated carbocycles. The number of likely N-dealkylation sites (tertiary alicyclic amines) is 1. The predicted molar refractivity (Wildman–Crippen MR) is 113 cm³/mol. The van der Waals surface area contributed by atoms with Gasteiger partial charge in [-0.2, -0.15) is 0 Å². The highest BCUT2D eigenvalue weighted by atomic mass is 16.5. The highest BCUT2D eigenvalue weighted by Gasteiger charge is 2.47. The normalized spacial score (nSPS) is 29.2. The lowest BCUT2D eigenvalue weighted by atomic mass is 9.74. The summed E-state index contributed by atoms with van der Waals surface area (Å²) in [6.45, 7) is 3.88. The molecule has 3 heterocycles. The molecule has 0 N–H and O–H groups in total. The van der Waals surface area contributed by atoms with Gasteiger partial charge in [0.25, 0.3) is 0 Å². The van der Waals surface area contributed by atoms with Gasteiger partial charge in [-0.05, 0) is 75.1 Å². The van der Waals surface area contributed by atoms with Crippen molar-refractivity contribution in [3.8, 4) is 0 Å². The van der Waals surface area contributed by atoms with Crippen LogP contribution in [0.15, 0.2) is 24.5 Å². The van der Waals surface area contributed by atoms with Crippen molar-refractivity contribution >= 4 is 5.91 Å². The fourth-order valence-corrected chi connectivity index (χ4v) is 5.58. The molecule has 2 saturated heterocycles.